The minimum absolute atomic E-state index is 0.0207. The van der Waals surface area contributed by atoms with Gasteiger partial charge < -0.3 is 10.0 Å². The maximum atomic E-state index is 13.2. The van der Waals surface area contributed by atoms with Crippen LogP contribution in [0, 0.1) is 5.92 Å². The third kappa shape index (κ3) is 2.84. The molecule has 2 fully saturated rings. The van der Waals surface area contributed by atoms with Crippen molar-refractivity contribution >= 4 is 23.5 Å². The van der Waals surface area contributed by atoms with E-state index in [9.17, 15) is 14.7 Å². The highest BCUT2D eigenvalue weighted by molar-refractivity contribution is 6.34. The number of hydrogen-bond acceptors (Lipinski definition) is 5. The summed E-state index contributed by atoms with van der Waals surface area (Å²) in [5, 5.41) is 20.8. The molecule has 0 spiro atoms. The van der Waals surface area contributed by atoms with Gasteiger partial charge in [-0.2, -0.15) is 0 Å². The number of carboxylic acids is 1. The van der Waals surface area contributed by atoms with Gasteiger partial charge in [-0.1, -0.05) is 24.4 Å². The summed E-state index contributed by atoms with van der Waals surface area (Å²) in [7, 11) is 0. The van der Waals surface area contributed by atoms with Crippen LogP contribution < -0.4 is 0 Å². The summed E-state index contributed by atoms with van der Waals surface area (Å²) >= 11 is 6.35. The Bertz CT molecular complexity index is 841. The molecular formula is C17H18ClN5O3. The number of fused-ring (bicyclic) bond motifs is 1. The van der Waals surface area contributed by atoms with E-state index in [0.29, 0.717) is 17.7 Å². The van der Waals surface area contributed by atoms with Crippen molar-refractivity contribution < 1.29 is 14.7 Å². The molecule has 1 aliphatic carbocycles. The van der Waals surface area contributed by atoms with E-state index in [4.69, 9.17) is 11.6 Å². The van der Waals surface area contributed by atoms with Gasteiger partial charge in [-0.3, -0.25) is 4.79 Å². The van der Waals surface area contributed by atoms with Crippen molar-refractivity contribution in [2.45, 2.75) is 44.2 Å². The quantitative estimate of drug-likeness (QED) is 0.882. The SMILES string of the molecule is O=C(O)[C@@H]1C[C@H]2CCCC[C@H]2N1C(=O)c1ccc(-n2cnnn2)cc1Cl. The molecule has 136 valence electrons. The standard InChI is InChI=1S/C17H18ClN5O3/c18-13-8-11(22-9-19-20-21-22)5-6-12(13)16(24)23-14-4-2-1-3-10(14)7-15(23)17(25)26/h5-6,8-10,14-15H,1-4,7H2,(H,25,26)/t10-,14-,15+/m1/s1. The first-order chi connectivity index (χ1) is 12.6. The van der Waals surface area contributed by atoms with E-state index >= 15 is 0 Å². The molecular weight excluding hydrogens is 358 g/mol. The zero-order valence-electron chi connectivity index (χ0n) is 14.0. The Labute approximate surface area is 154 Å². The lowest BCUT2D eigenvalue weighted by Gasteiger charge is -2.33. The van der Waals surface area contributed by atoms with Crippen LogP contribution in [0.25, 0.3) is 5.69 Å². The van der Waals surface area contributed by atoms with Crippen LogP contribution in [-0.2, 0) is 4.79 Å². The monoisotopic (exact) mass is 375 g/mol. The first-order valence-corrected chi connectivity index (χ1v) is 9.02. The lowest BCUT2D eigenvalue weighted by molar-refractivity contribution is -0.141. The van der Waals surface area contributed by atoms with E-state index in [0.717, 1.165) is 25.7 Å². The first-order valence-electron chi connectivity index (χ1n) is 8.64. The van der Waals surface area contributed by atoms with Crippen molar-refractivity contribution in [2.24, 2.45) is 5.92 Å². The van der Waals surface area contributed by atoms with Crippen LogP contribution in [0.1, 0.15) is 42.5 Å². The Morgan fingerprint density at radius 3 is 2.73 bits per heavy atom. The number of halogens is 1. The van der Waals surface area contributed by atoms with Crippen LogP contribution >= 0.6 is 11.6 Å². The summed E-state index contributed by atoms with van der Waals surface area (Å²) in [4.78, 5) is 26.4. The number of benzene rings is 1. The molecule has 0 unspecified atom stereocenters. The molecule has 3 atom stereocenters. The highest BCUT2D eigenvalue weighted by Crippen LogP contribution is 2.41. The fraction of sp³-hybridized carbons (Fsp3) is 0.471. The van der Waals surface area contributed by atoms with Crippen LogP contribution in [0.4, 0.5) is 0 Å². The highest BCUT2D eigenvalue weighted by Gasteiger charge is 2.47. The first kappa shape index (κ1) is 17.0. The average Bonchev–Trinajstić information content (AvgIpc) is 3.29. The number of carbonyl (C=O) groups excluding carboxylic acids is 1. The number of carbonyl (C=O) groups is 2. The van der Waals surface area contributed by atoms with Crippen molar-refractivity contribution in [3.05, 3.63) is 35.1 Å². The second-order valence-electron chi connectivity index (χ2n) is 6.83. The second kappa shape index (κ2) is 6.68. The van der Waals surface area contributed by atoms with Crippen LogP contribution in [0.2, 0.25) is 5.02 Å². The van der Waals surface area contributed by atoms with Gasteiger partial charge in [0.1, 0.15) is 12.4 Å². The van der Waals surface area contributed by atoms with Gasteiger partial charge in [-0.25, -0.2) is 9.48 Å². The molecule has 9 heteroatoms. The van der Waals surface area contributed by atoms with Crippen molar-refractivity contribution in [3.63, 3.8) is 0 Å². The summed E-state index contributed by atoms with van der Waals surface area (Å²) in [6, 6.07) is 4.10. The van der Waals surface area contributed by atoms with Crippen LogP contribution in [0.3, 0.4) is 0 Å². The summed E-state index contributed by atoms with van der Waals surface area (Å²) in [5.74, 6) is -1.01. The summed E-state index contributed by atoms with van der Waals surface area (Å²) < 4.78 is 1.44. The van der Waals surface area contributed by atoms with E-state index < -0.39 is 12.0 Å². The highest BCUT2D eigenvalue weighted by atomic mass is 35.5. The molecule has 26 heavy (non-hydrogen) atoms. The number of aliphatic carboxylic acids is 1. The number of tetrazole rings is 1. The zero-order valence-corrected chi connectivity index (χ0v) is 14.7. The van der Waals surface area contributed by atoms with Crippen molar-refractivity contribution in [2.75, 3.05) is 0 Å². The Morgan fingerprint density at radius 1 is 1.23 bits per heavy atom. The molecule has 1 saturated heterocycles. The number of carboxylic acid groups (broad SMARTS) is 1. The Hall–Kier alpha value is -2.48. The molecule has 2 aliphatic rings. The van der Waals surface area contributed by atoms with E-state index in [1.54, 1.807) is 23.1 Å². The molecule has 1 saturated carbocycles. The van der Waals surface area contributed by atoms with Gasteiger partial charge in [0.2, 0.25) is 0 Å². The minimum Gasteiger partial charge on any atom is -0.480 e. The Morgan fingerprint density at radius 2 is 2.04 bits per heavy atom. The minimum atomic E-state index is -0.950. The van der Waals surface area contributed by atoms with Gasteiger partial charge in [0.05, 0.1) is 16.3 Å². The van der Waals surface area contributed by atoms with Crippen molar-refractivity contribution in [1.29, 1.82) is 0 Å². The molecule has 1 aliphatic heterocycles. The van der Waals surface area contributed by atoms with Gasteiger partial charge in [-0.05, 0) is 53.8 Å². The van der Waals surface area contributed by atoms with E-state index in [2.05, 4.69) is 15.5 Å². The lowest BCUT2D eigenvalue weighted by Crippen LogP contribution is -2.46. The van der Waals surface area contributed by atoms with Gasteiger partial charge in [0.15, 0.2) is 0 Å². The average molecular weight is 376 g/mol. The smallest absolute Gasteiger partial charge is 0.326 e. The lowest BCUT2D eigenvalue weighted by atomic mass is 9.84. The Balaban J connectivity index is 1.66. The molecule has 0 radical (unpaired) electrons. The van der Waals surface area contributed by atoms with E-state index in [-0.39, 0.29) is 22.9 Å². The summed E-state index contributed by atoms with van der Waals surface area (Å²) in [5.41, 5.74) is 0.935. The summed E-state index contributed by atoms with van der Waals surface area (Å²) in [6.07, 6.45) is 5.89. The van der Waals surface area contributed by atoms with E-state index in [1.165, 1.54) is 11.0 Å². The van der Waals surface area contributed by atoms with Gasteiger partial charge in [0, 0.05) is 6.04 Å². The van der Waals surface area contributed by atoms with Gasteiger partial charge >= 0.3 is 5.97 Å². The van der Waals surface area contributed by atoms with Gasteiger partial charge in [-0.15, -0.1) is 5.10 Å². The fourth-order valence-corrected chi connectivity index (χ4v) is 4.47. The predicted octanol–water partition coefficient (Wildman–Crippen LogP) is 2.17. The van der Waals surface area contributed by atoms with Crippen LogP contribution in [0.5, 0.6) is 0 Å². The predicted molar refractivity (Wildman–Crippen MR) is 92.1 cm³/mol. The molecule has 4 rings (SSSR count). The van der Waals surface area contributed by atoms with Gasteiger partial charge in [0.25, 0.3) is 5.91 Å². The number of nitrogens with zero attached hydrogens (tertiary/aromatic N) is 5. The maximum absolute atomic E-state index is 13.2. The fourth-order valence-electron chi connectivity index (χ4n) is 4.21. The molecule has 2 aromatic rings. The normalized spacial score (nSPS) is 25.1. The third-order valence-corrected chi connectivity index (χ3v) is 5.72. The Kier molecular flexibility index (Phi) is 4.36. The molecule has 1 aromatic heterocycles. The molecule has 0 bridgehead atoms. The second-order valence-corrected chi connectivity index (χ2v) is 7.24. The molecule has 8 nitrogen and oxygen atoms in total. The van der Waals surface area contributed by atoms with Crippen LogP contribution in [0.15, 0.2) is 24.5 Å². The topological polar surface area (TPSA) is 101 Å². The zero-order chi connectivity index (χ0) is 18.3. The molecule has 1 N–H and O–H groups in total. The molecule has 1 amide bonds. The number of aromatic nitrogens is 4. The molecule has 1 aromatic carbocycles. The van der Waals surface area contributed by atoms with Crippen molar-refractivity contribution in [1.82, 2.24) is 25.1 Å². The largest absolute Gasteiger partial charge is 0.480 e. The number of hydrogen-bond donors (Lipinski definition) is 1. The van der Waals surface area contributed by atoms with Crippen LogP contribution in [-0.4, -0.2) is 54.2 Å². The van der Waals surface area contributed by atoms with E-state index in [1.807, 2.05) is 0 Å². The maximum Gasteiger partial charge on any atom is 0.326 e. The summed E-state index contributed by atoms with van der Waals surface area (Å²) in [6.45, 7) is 0. The molecule has 2 heterocycles. The number of amides is 1. The number of rotatable bonds is 3. The number of likely N-dealkylation sites (tertiary alicyclic amines) is 1. The van der Waals surface area contributed by atoms with Crippen molar-refractivity contribution in [3.8, 4) is 5.69 Å². The third-order valence-electron chi connectivity index (χ3n) is 5.40.